The molecule has 2 aromatic carbocycles. The molecule has 19 heavy (non-hydrogen) atoms. The van der Waals surface area contributed by atoms with Crippen LogP contribution >= 0.6 is 0 Å². The fraction of sp³-hybridized carbons (Fsp3) is 0.133. The van der Waals surface area contributed by atoms with E-state index in [9.17, 15) is 4.79 Å². The Balaban J connectivity index is 2.02. The molecular formula is C15H13NO3. The Morgan fingerprint density at radius 3 is 2.53 bits per heavy atom. The van der Waals surface area contributed by atoms with Crippen LogP contribution < -0.4 is 15.2 Å². The minimum atomic E-state index is -0.0794. The molecule has 0 radical (unpaired) electrons. The van der Waals surface area contributed by atoms with E-state index in [-0.39, 0.29) is 5.78 Å². The van der Waals surface area contributed by atoms with Crippen molar-refractivity contribution in [2.24, 2.45) is 0 Å². The quantitative estimate of drug-likeness (QED) is 0.660. The lowest BCUT2D eigenvalue weighted by Gasteiger charge is -2.20. The second-order valence-electron chi connectivity index (χ2n) is 4.28. The molecule has 1 aliphatic rings. The molecule has 0 unspecified atom stereocenters. The fourth-order valence-corrected chi connectivity index (χ4v) is 2.07. The number of ketones is 1. The third-order valence-corrected chi connectivity index (χ3v) is 2.97. The average molecular weight is 255 g/mol. The number of anilines is 1. The smallest absolute Gasteiger partial charge is 0.193 e. The Hall–Kier alpha value is -2.49. The number of carbonyl (C=O) groups is 1. The number of ether oxygens (including phenoxy) is 2. The molecule has 2 N–H and O–H groups in total. The SMILES string of the molecule is Nc1cc(C(=O)c2ccccc2)cc2c1OCCO2. The van der Waals surface area contributed by atoms with Crippen LogP contribution in [0.5, 0.6) is 11.5 Å². The van der Waals surface area contributed by atoms with Crippen LogP contribution in [0.3, 0.4) is 0 Å². The van der Waals surface area contributed by atoms with Crippen molar-refractivity contribution in [2.45, 2.75) is 0 Å². The van der Waals surface area contributed by atoms with Gasteiger partial charge < -0.3 is 15.2 Å². The highest BCUT2D eigenvalue weighted by molar-refractivity contribution is 6.10. The molecule has 0 aromatic heterocycles. The summed E-state index contributed by atoms with van der Waals surface area (Å²) in [5.41, 5.74) is 7.46. The highest BCUT2D eigenvalue weighted by Gasteiger charge is 2.19. The maximum atomic E-state index is 12.3. The normalized spacial score (nSPS) is 13.1. The summed E-state index contributed by atoms with van der Waals surface area (Å²) in [5, 5.41) is 0. The minimum Gasteiger partial charge on any atom is -0.486 e. The predicted molar refractivity (Wildman–Crippen MR) is 71.7 cm³/mol. The molecule has 3 rings (SSSR count). The summed E-state index contributed by atoms with van der Waals surface area (Å²) in [7, 11) is 0. The van der Waals surface area contributed by atoms with Crippen molar-refractivity contribution in [1.29, 1.82) is 0 Å². The number of hydrogen-bond donors (Lipinski definition) is 1. The number of benzene rings is 2. The number of nitrogen functional groups attached to an aromatic ring is 1. The number of nitrogens with two attached hydrogens (primary N) is 1. The topological polar surface area (TPSA) is 61.6 Å². The molecule has 0 saturated heterocycles. The highest BCUT2D eigenvalue weighted by atomic mass is 16.6. The van der Waals surface area contributed by atoms with Crippen LogP contribution in [0.25, 0.3) is 0 Å². The standard InChI is InChI=1S/C15H13NO3/c16-12-8-11(9-13-15(12)19-7-6-18-13)14(17)10-4-2-1-3-5-10/h1-5,8-9H,6-7,16H2. The zero-order valence-electron chi connectivity index (χ0n) is 10.3. The Bertz CT molecular complexity index is 623. The summed E-state index contributed by atoms with van der Waals surface area (Å²) in [5.74, 6) is 0.977. The molecule has 4 nitrogen and oxygen atoms in total. The van der Waals surface area contributed by atoms with Gasteiger partial charge >= 0.3 is 0 Å². The van der Waals surface area contributed by atoms with E-state index >= 15 is 0 Å². The van der Waals surface area contributed by atoms with E-state index in [1.54, 1.807) is 24.3 Å². The van der Waals surface area contributed by atoms with Crippen LogP contribution in [0.2, 0.25) is 0 Å². The van der Waals surface area contributed by atoms with Gasteiger partial charge in [-0.25, -0.2) is 0 Å². The van der Waals surface area contributed by atoms with Gasteiger partial charge in [0.1, 0.15) is 13.2 Å². The molecule has 0 saturated carbocycles. The Morgan fingerprint density at radius 1 is 1.00 bits per heavy atom. The number of carbonyl (C=O) groups excluding carboxylic acids is 1. The van der Waals surface area contributed by atoms with Crippen molar-refractivity contribution < 1.29 is 14.3 Å². The third-order valence-electron chi connectivity index (χ3n) is 2.97. The Labute approximate surface area is 110 Å². The Morgan fingerprint density at radius 2 is 1.74 bits per heavy atom. The van der Waals surface area contributed by atoms with Crippen LogP contribution in [0, 0.1) is 0 Å². The van der Waals surface area contributed by atoms with Crippen LogP contribution in [-0.2, 0) is 0 Å². The third kappa shape index (κ3) is 2.12. The van der Waals surface area contributed by atoms with E-state index in [1.807, 2.05) is 18.2 Å². The maximum absolute atomic E-state index is 12.3. The van der Waals surface area contributed by atoms with E-state index in [2.05, 4.69) is 0 Å². The second-order valence-corrected chi connectivity index (χ2v) is 4.28. The molecule has 0 amide bonds. The first-order chi connectivity index (χ1) is 9.25. The van der Waals surface area contributed by atoms with Gasteiger partial charge in [0.15, 0.2) is 17.3 Å². The first kappa shape index (κ1) is 11.6. The molecule has 0 fully saturated rings. The van der Waals surface area contributed by atoms with Crippen molar-refractivity contribution in [2.75, 3.05) is 18.9 Å². The number of fused-ring (bicyclic) bond motifs is 1. The zero-order chi connectivity index (χ0) is 13.2. The summed E-state index contributed by atoms with van der Waals surface area (Å²) in [4.78, 5) is 12.3. The lowest BCUT2D eigenvalue weighted by Crippen LogP contribution is -2.17. The number of hydrogen-bond acceptors (Lipinski definition) is 4. The molecule has 0 atom stereocenters. The zero-order valence-corrected chi connectivity index (χ0v) is 10.3. The van der Waals surface area contributed by atoms with Gasteiger partial charge in [-0.05, 0) is 12.1 Å². The minimum absolute atomic E-state index is 0.0794. The van der Waals surface area contributed by atoms with Gasteiger partial charge in [-0.3, -0.25) is 4.79 Å². The van der Waals surface area contributed by atoms with Gasteiger partial charge in [-0.15, -0.1) is 0 Å². The first-order valence-electron chi connectivity index (χ1n) is 6.04. The summed E-state index contributed by atoms with van der Waals surface area (Å²) < 4.78 is 10.9. The van der Waals surface area contributed by atoms with Crippen molar-refractivity contribution in [1.82, 2.24) is 0 Å². The van der Waals surface area contributed by atoms with E-state index in [4.69, 9.17) is 15.2 Å². The summed E-state index contributed by atoms with van der Waals surface area (Å²) in [6.45, 7) is 0.943. The fourth-order valence-electron chi connectivity index (χ4n) is 2.07. The van der Waals surface area contributed by atoms with Gasteiger partial charge in [0, 0.05) is 11.1 Å². The van der Waals surface area contributed by atoms with Crippen molar-refractivity contribution >= 4 is 11.5 Å². The van der Waals surface area contributed by atoms with Crippen LogP contribution in [0.4, 0.5) is 5.69 Å². The molecule has 1 heterocycles. The largest absolute Gasteiger partial charge is 0.486 e. The first-order valence-corrected chi connectivity index (χ1v) is 6.04. The molecule has 0 spiro atoms. The van der Waals surface area contributed by atoms with E-state index in [0.717, 1.165) is 0 Å². The van der Waals surface area contributed by atoms with Crippen molar-refractivity contribution in [3.63, 3.8) is 0 Å². The van der Waals surface area contributed by atoms with E-state index < -0.39 is 0 Å². The van der Waals surface area contributed by atoms with Crippen LogP contribution in [-0.4, -0.2) is 19.0 Å². The molecular weight excluding hydrogens is 242 g/mol. The highest BCUT2D eigenvalue weighted by Crippen LogP contribution is 2.37. The van der Waals surface area contributed by atoms with Crippen molar-refractivity contribution in [3.05, 3.63) is 53.6 Å². The van der Waals surface area contributed by atoms with Crippen molar-refractivity contribution in [3.8, 4) is 11.5 Å². The molecule has 4 heteroatoms. The van der Waals surface area contributed by atoms with Gasteiger partial charge in [0.25, 0.3) is 0 Å². The summed E-state index contributed by atoms with van der Waals surface area (Å²) in [6, 6.07) is 12.4. The van der Waals surface area contributed by atoms with Gasteiger partial charge in [-0.1, -0.05) is 30.3 Å². The number of rotatable bonds is 2. The lowest BCUT2D eigenvalue weighted by atomic mass is 10.0. The molecule has 1 aliphatic heterocycles. The summed E-state index contributed by atoms with van der Waals surface area (Å²) >= 11 is 0. The molecule has 0 bridgehead atoms. The van der Waals surface area contributed by atoms with Crippen LogP contribution in [0.1, 0.15) is 15.9 Å². The van der Waals surface area contributed by atoms with Gasteiger partial charge in [-0.2, -0.15) is 0 Å². The van der Waals surface area contributed by atoms with Gasteiger partial charge in [0.2, 0.25) is 0 Å². The molecule has 2 aromatic rings. The van der Waals surface area contributed by atoms with E-state index in [1.165, 1.54) is 0 Å². The van der Waals surface area contributed by atoms with E-state index in [0.29, 0.717) is 41.5 Å². The molecule has 96 valence electrons. The Kier molecular flexibility index (Phi) is 2.83. The summed E-state index contributed by atoms with van der Waals surface area (Å²) in [6.07, 6.45) is 0. The maximum Gasteiger partial charge on any atom is 0.193 e. The predicted octanol–water partition coefficient (Wildman–Crippen LogP) is 2.27. The molecule has 0 aliphatic carbocycles. The second kappa shape index (κ2) is 4.65. The van der Waals surface area contributed by atoms with Gasteiger partial charge in [0.05, 0.1) is 5.69 Å². The van der Waals surface area contributed by atoms with Crippen LogP contribution in [0.15, 0.2) is 42.5 Å². The monoisotopic (exact) mass is 255 g/mol. The average Bonchev–Trinajstić information content (AvgIpc) is 2.47. The lowest BCUT2D eigenvalue weighted by molar-refractivity contribution is 0.103.